The Balaban J connectivity index is 2.93. The Morgan fingerprint density at radius 2 is 2.31 bits per heavy atom. The highest BCUT2D eigenvalue weighted by atomic mass is 16.1. The van der Waals surface area contributed by atoms with E-state index in [0.717, 1.165) is 17.4 Å². The van der Waals surface area contributed by atoms with Crippen LogP contribution in [-0.2, 0) is 6.42 Å². The molecule has 66 valence electrons. The van der Waals surface area contributed by atoms with Gasteiger partial charge in [-0.3, -0.25) is 4.79 Å². The molecule has 0 amide bonds. The van der Waals surface area contributed by atoms with Gasteiger partial charge in [0.1, 0.15) is 6.29 Å². The highest BCUT2D eigenvalue weighted by Gasteiger charge is 2.00. The van der Waals surface area contributed by atoms with Crippen molar-refractivity contribution in [2.45, 2.75) is 19.8 Å². The lowest BCUT2D eigenvalue weighted by Crippen LogP contribution is -1.93. The molecule has 0 spiro atoms. The molecule has 0 aromatic heterocycles. The number of aldehydes is 1. The summed E-state index contributed by atoms with van der Waals surface area (Å²) in [5.41, 5.74) is 2.74. The van der Waals surface area contributed by atoms with E-state index in [1.54, 1.807) is 0 Å². The summed E-state index contributed by atoms with van der Waals surface area (Å²) in [6.07, 6.45) is 1.97. The van der Waals surface area contributed by atoms with E-state index in [-0.39, 0.29) is 0 Å². The van der Waals surface area contributed by atoms with Crippen LogP contribution in [0.1, 0.15) is 27.9 Å². The van der Waals surface area contributed by atoms with Gasteiger partial charge in [0, 0.05) is 12.0 Å². The SMILES string of the molecule is Cc1ccc(CCC#N)c(C=O)c1. The van der Waals surface area contributed by atoms with Crippen LogP contribution in [0.5, 0.6) is 0 Å². The minimum absolute atomic E-state index is 0.462. The second-order valence-electron chi connectivity index (χ2n) is 2.98. The first-order chi connectivity index (χ1) is 6.27. The predicted molar refractivity (Wildman–Crippen MR) is 50.5 cm³/mol. The minimum Gasteiger partial charge on any atom is -0.298 e. The molecule has 0 N–H and O–H groups in total. The third kappa shape index (κ3) is 2.41. The molecule has 0 aliphatic heterocycles. The average Bonchev–Trinajstić information content (AvgIpc) is 2.16. The molecule has 13 heavy (non-hydrogen) atoms. The maximum absolute atomic E-state index is 10.7. The van der Waals surface area contributed by atoms with Gasteiger partial charge in [-0.25, -0.2) is 0 Å². The summed E-state index contributed by atoms with van der Waals surface area (Å²) in [5, 5.41) is 8.41. The van der Waals surface area contributed by atoms with Crippen molar-refractivity contribution in [1.29, 1.82) is 5.26 Å². The Morgan fingerprint density at radius 3 is 2.92 bits per heavy atom. The number of carbonyl (C=O) groups is 1. The van der Waals surface area contributed by atoms with Crippen molar-refractivity contribution in [2.75, 3.05) is 0 Å². The molecular weight excluding hydrogens is 162 g/mol. The number of aryl methyl sites for hydroxylation is 2. The van der Waals surface area contributed by atoms with Gasteiger partial charge in [-0.1, -0.05) is 17.7 Å². The second kappa shape index (κ2) is 4.42. The van der Waals surface area contributed by atoms with E-state index < -0.39 is 0 Å². The first-order valence-corrected chi connectivity index (χ1v) is 4.19. The Hall–Kier alpha value is -1.62. The summed E-state index contributed by atoms with van der Waals surface area (Å²) in [6, 6.07) is 7.78. The second-order valence-corrected chi connectivity index (χ2v) is 2.98. The molecule has 0 aliphatic rings. The van der Waals surface area contributed by atoms with Crippen LogP contribution in [0.4, 0.5) is 0 Å². The Labute approximate surface area is 77.8 Å². The van der Waals surface area contributed by atoms with E-state index >= 15 is 0 Å². The lowest BCUT2D eigenvalue weighted by molar-refractivity contribution is 0.112. The van der Waals surface area contributed by atoms with Crippen LogP contribution in [-0.4, -0.2) is 6.29 Å². The number of carbonyl (C=O) groups excluding carboxylic acids is 1. The zero-order valence-corrected chi connectivity index (χ0v) is 7.58. The van der Waals surface area contributed by atoms with Gasteiger partial charge in [-0.05, 0) is 25.0 Å². The third-order valence-electron chi connectivity index (χ3n) is 1.93. The molecule has 1 aromatic carbocycles. The summed E-state index contributed by atoms with van der Waals surface area (Å²) in [6.45, 7) is 1.95. The third-order valence-corrected chi connectivity index (χ3v) is 1.93. The number of hydrogen-bond donors (Lipinski definition) is 0. The van der Waals surface area contributed by atoms with Gasteiger partial charge < -0.3 is 0 Å². The highest BCUT2D eigenvalue weighted by Crippen LogP contribution is 2.11. The number of nitrogens with zero attached hydrogens (tertiary/aromatic N) is 1. The van der Waals surface area contributed by atoms with Gasteiger partial charge in [0.05, 0.1) is 6.07 Å². The van der Waals surface area contributed by atoms with Crippen LogP contribution in [0, 0.1) is 18.3 Å². The van der Waals surface area contributed by atoms with Gasteiger partial charge in [0.25, 0.3) is 0 Å². The molecule has 1 aromatic rings. The molecule has 0 heterocycles. The molecule has 0 saturated heterocycles. The van der Waals surface area contributed by atoms with Gasteiger partial charge in [0.15, 0.2) is 0 Å². The van der Waals surface area contributed by atoms with Gasteiger partial charge in [0.2, 0.25) is 0 Å². The maximum atomic E-state index is 10.7. The monoisotopic (exact) mass is 173 g/mol. The first kappa shape index (κ1) is 9.47. The summed E-state index contributed by atoms with van der Waals surface area (Å²) in [4.78, 5) is 10.7. The fraction of sp³-hybridized carbons (Fsp3) is 0.273. The van der Waals surface area contributed by atoms with E-state index in [1.165, 1.54) is 0 Å². The van der Waals surface area contributed by atoms with Crippen LogP contribution in [0.2, 0.25) is 0 Å². The summed E-state index contributed by atoms with van der Waals surface area (Å²) < 4.78 is 0. The normalized spacial score (nSPS) is 9.23. The zero-order valence-electron chi connectivity index (χ0n) is 7.58. The maximum Gasteiger partial charge on any atom is 0.150 e. The fourth-order valence-electron chi connectivity index (χ4n) is 1.24. The van der Waals surface area contributed by atoms with Crippen LogP contribution in [0.15, 0.2) is 18.2 Å². The molecule has 2 nitrogen and oxygen atoms in total. The standard InChI is InChI=1S/C11H11NO/c1-9-4-5-10(3-2-6-12)11(7-9)8-13/h4-5,7-8H,2-3H2,1H3. The van der Waals surface area contributed by atoms with Gasteiger partial charge >= 0.3 is 0 Å². The first-order valence-electron chi connectivity index (χ1n) is 4.19. The van der Waals surface area contributed by atoms with Gasteiger partial charge in [-0.15, -0.1) is 0 Å². The molecule has 0 saturated carbocycles. The number of rotatable bonds is 3. The van der Waals surface area contributed by atoms with Crippen molar-refractivity contribution in [3.05, 3.63) is 34.9 Å². The van der Waals surface area contributed by atoms with Crippen molar-refractivity contribution in [2.24, 2.45) is 0 Å². The Morgan fingerprint density at radius 1 is 1.54 bits per heavy atom. The van der Waals surface area contributed by atoms with Crippen molar-refractivity contribution >= 4 is 6.29 Å². The molecule has 0 atom stereocenters. The molecular formula is C11H11NO. The smallest absolute Gasteiger partial charge is 0.150 e. The molecule has 0 radical (unpaired) electrons. The molecule has 0 aliphatic carbocycles. The Kier molecular flexibility index (Phi) is 3.22. The largest absolute Gasteiger partial charge is 0.298 e. The topological polar surface area (TPSA) is 40.9 Å². The lowest BCUT2D eigenvalue weighted by Gasteiger charge is -2.02. The van der Waals surface area contributed by atoms with E-state index in [9.17, 15) is 4.79 Å². The molecule has 0 fully saturated rings. The van der Waals surface area contributed by atoms with Crippen LogP contribution >= 0.6 is 0 Å². The van der Waals surface area contributed by atoms with Crippen LogP contribution in [0.25, 0.3) is 0 Å². The van der Waals surface area contributed by atoms with E-state index in [0.29, 0.717) is 18.4 Å². The summed E-state index contributed by atoms with van der Waals surface area (Å²) >= 11 is 0. The molecule has 2 heteroatoms. The predicted octanol–water partition coefficient (Wildman–Crippen LogP) is 2.26. The van der Waals surface area contributed by atoms with Crippen molar-refractivity contribution < 1.29 is 4.79 Å². The molecule has 0 bridgehead atoms. The Bertz CT molecular complexity index is 350. The van der Waals surface area contributed by atoms with E-state index in [2.05, 4.69) is 6.07 Å². The molecule has 1 rings (SSSR count). The van der Waals surface area contributed by atoms with Crippen molar-refractivity contribution in [3.8, 4) is 6.07 Å². The minimum atomic E-state index is 0.462. The number of nitriles is 1. The zero-order chi connectivity index (χ0) is 9.68. The lowest BCUT2D eigenvalue weighted by atomic mass is 10.0. The average molecular weight is 173 g/mol. The summed E-state index contributed by atoms with van der Waals surface area (Å²) in [5.74, 6) is 0. The van der Waals surface area contributed by atoms with Crippen molar-refractivity contribution in [1.82, 2.24) is 0 Å². The quantitative estimate of drug-likeness (QED) is 0.658. The summed E-state index contributed by atoms with van der Waals surface area (Å²) in [7, 11) is 0. The van der Waals surface area contributed by atoms with Crippen LogP contribution in [0.3, 0.4) is 0 Å². The van der Waals surface area contributed by atoms with E-state index in [1.807, 2.05) is 25.1 Å². The highest BCUT2D eigenvalue weighted by molar-refractivity contribution is 5.77. The van der Waals surface area contributed by atoms with E-state index in [4.69, 9.17) is 5.26 Å². The number of benzene rings is 1. The van der Waals surface area contributed by atoms with Crippen LogP contribution < -0.4 is 0 Å². The van der Waals surface area contributed by atoms with Crippen molar-refractivity contribution in [3.63, 3.8) is 0 Å². The fourth-order valence-corrected chi connectivity index (χ4v) is 1.24. The molecule has 0 unspecified atom stereocenters. The number of hydrogen-bond acceptors (Lipinski definition) is 2. The van der Waals surface area contributed by atoms with Gasteiger partial charge in [-0.2, -0.15) is 5.26 Å².